The van der Waals surface area contributed by atoms with Crippen molar-refractivity contribution >= 4 is 23.4 Å². The molecule has 1 rings (SSSR count). The monoisotopic (exact) mass is 268 g/mol. The first-order chi connectivity index (χ1) is 8.58. The third-order valence-electron chi connectivity index (χ3n) is 2.63. The lowest BCUT2D eigenvalue weighted by Gasteiger charge is -2.08. The molecule has 1 aromatic carbocycles. The third kappa shape index (κ3) is 4.15. The van der Waals surface area contributed by atoms with E-state index < -0.39 is 0 Å². The zero-order valence-corrected chi connectivity index (χ0v) is 11.4. The third-order valence-corrected chi connectivity index (χ3v) is 2.82. The van der Waals surface area contributed by atoms with Crippen molar-refractivity contribution in [3.8, 4) is 0 Å². The Hall–Kier alpha value is -1.35. The van der Waals surface area contributed by atoms with Gasteiger partial charge < -0.3 is 4.74 Å². The van der Waals surface area contributed by atoms with Crippen LogP contribution in [-0.2, 0) is 16.0 Å². The lowest BCUT2D eigenvalue weighted by Crippen LogP contribution is -2.10. The Morgan fingerprint density at radius 2 is 2.06 bits per heavy atom. The molecule has 0 aliphatic rings. The van der Waals surface area contributed by atoms with Crippen LogP contribution in [0.15, 0.2) is 18.2 Å². The van der Waals surface area contributed by atoms with Gasteiger partial charge in [0.25, 0.3) is 0 Å². The summed E-state index contributed by atoms with van der Waals surface area (Å²) in [4.78, 5) is 23.2. The van der Waals surface area contributed by atoms with Gasteiger partial charge in [0.05, 0.1) is 13.0 Å². The molecule has 0 saturated heterocycles. The maximum atomic E-state index is 11.7. The van der Waals surface area contributed by atoms with Gasteiger partial charge >= 0.3 is 5.97 Å². The summed E-state index contributed by atoms with van der Waals surface area (Å²) in [5, 5.41) is 0. The lowest BCUT2D eigenvalue weighted by molar-refractivity contribution is -0.142. The topological polar surface area (TPSA) is 43.4 Å². The molecular formula is C14H17ClO3. The number of halogens is 1. The van der Waals surface area contributed by atoms with E-state index in [0.29, 0.717) is 24.5 Å². The molecule has 0 radical (unpaired) electrons. The molecule has 0 bridgehead atoms. The SMILES string of the molecule is CCOC(=O)Cc1cc(C(=O)CCCl)ccc1C. The molecule has 0 N–H and O–H groups in total. The molecule has 1 aromatic rings. The van der Waals surface area contributed by atoms with Crippen molar-refractivity contribution in [1.82, 2.24) is 0 Å². The number of carbonyl (C=O) groups is 2. The molecule has 0 amide bonds. The molecule has 0 aliphatic heterocycles. The second-order valence-corrected chi connectivity index (χ2v) is 4.36. The van der Waals surface area contributed by atoms with Crippen LogP contribution in [0.3, 0.4) is 0 Å². The highest BCUT2D eigenvalue weighted by atomic mass is 35.5. The van der Waals surface area contributed by atoms with Gasteiger partial charge in [0.2, 0.25) is 0 Å². The van der Waals surface area contributed by atoms with Gasteiger partial charge in [0.1, 0.15) is 0 Å². The largest absolute Gasteiger partial charge is 0.466 e. The fraction of sp³-hybridized carbons (Fsp3) is 0.429. The van der Waals surface area contributed by atoms with Gasteiger partial charge in [-0.3, -0.25) is 9.59 Å². The van der Waals surface area contributed by atoms with Crippen molar-refractivity contribution in [3.05, 3.63) is 34.9 Å². The average molecular weight is 269 g/mol. The summed E-state index contributed by atoms with van der Waals surface area (Å²) in [6.07, 6.45) is 0.505. The molecule has 0 saturated carbocycles. The number of carbonyl (C=O) groups excluding carboxylic acids is 2. The van der Waals surface area contributed by atoms with Crippen molar-refractivity contribution in [2.75, 3.05) is 12.5 Å². The maximum Gasteiger partial charge on any atom is 0.310 e. The van der Waals surface area contributed by atoms with Gasteiger partial charge in [-0.05, 0) is 31.0 Å². The van der Waals surface area contributed by atoms with Crippen LogP contribution in [0.4, 0.5) is 0 Å². The van der Waals surface area contributed by atoms with Crippen molar-refractivity contribution in [1.29, 1.82) is 0 Å². The van der Waals surface area contributed by atoms with E-state index in [9.17, 15) is 9.59 Å². The highest BCUT2D eigenvalue weighted by molar-refractivity contribution is 6.19. The van der Waals surface area contributed by atoms with Gasteiger partial charge in [-0.2, -0.15) is 0 Å². The molecule has 0 aliphatic carbocycles. The van der Waals surface area contributed by atoms with Crippen molar-refractivity contribution < 1.29 is 14.3 Å². The Labute approximate surface area is 112 Å². The number of benzene rings is 1. The molecular weight excluding hydrogens is 252 g/mol. The predicted octanol–water partition coefficient (Wildman–Crippen LogP) is 2.91. The van der Waals surface area contributed by atoms with E-state index in [-0.39, 0.29) is 18.2 Å². The molecule has 18 heavy (non-hydrogen) atoms. The van der Waals surface area contributed by atoms with Gasteiger partial charge in [-0.25, -0.2) is 0 Å². The zero-order chi connectivity index (χ0) is 13.5. The summed E-state index contributed by atoms with van der Waals surface area (Å²) in [5.74, 6) is 0.0255. The van der Waals surface area contributed by atoms with Gasteiger partial charge in [0.15, 0.2) is 5.78 Å². The Balaban J connectivity index is 2.87. The number of aryl methyl sites for hydroxylation is 1. The molecule has 0 unspecified atom stereocenters. The number of hydrogen-bond donors (Lipinski definition) is 0. The van der Waals surface area contributed by atoms with E-state index in [1.54, 1.807) is 19.1 Å². The van der Waals surface area contributed by atoms with Gasteiger partial charge in [-0.15, -0.1) is 11.6 Å². The van der Waals surface area contributed by atoms with E-state index in [4.69, 9.17) is 16.3 Å². The summed E-state index contributed by atoms with van der Waals surface area (Å²) < 4.78 is 4.90. The van der Waals surface area contributed by atoms with Crippen molar-refractivity contribution in [2.45, 2.75) is 26.7 Å². The molecule has 0 aromatic heterocycles. The van der Waals surface area contributed by atoms with Crippen LogP contribution in [0, 0.1) is 6.92 Å². The first kappa shape index (κ1) is 14.7. The van der Waals surface area contributed by atoms with E-state index in [1.807, 2.05) is 13.0 Å². The standard InChI is InChI=1S/C14H17ClO3/c1-3-18-14(17)9-12-8-11(5-4-10(12)2)13(16)6-7-15/h4-5,8H,3,6-7,9H2,1-2H3. The summed E-state index contributed by atoms with van der Waals surface area (Å²) >= 11 is 5.55. The molecule has 98 valence electrons. The van der Waals surface area contributed by atoms with Gasteiger partial charge in [-0.1, -0.05) is 12.1 Å². The highest BCUT2D eigenvalue weighted by Crippen LogP contribution is 2.14. The highest BCUT2D eigenvalue weighted by Gasteiger charge is 2.11. The van der Waals surface area contributed by atoms with Crippen LogP contribution in [0.25, 0.3) is 0 Å². The van der Waals surface area contributed by atoms with Crippen LogP contribution in [0.5, 0.6) is 0 Å². The maximum absolute atomic E-state index is 11.7. The molecule has 0 fully saturated rings. The quantitative estimate of drug-likeness (QED) is 0.453. The number of Topliss-reactive ketones (excluding diaryl/α,β-unsaturated/α-hetero) is 1. The zero-order valence-electron chi connectivity index (χ0n) is 10.7. The second-order valence-electron chi connectivity index (χ2n) is 3.99. The summed E-state index contributed by atoms with van der Waals surface area (Å²) in [6.45, 7) is 4.04. The number of rotatable bonds is 6. The molecule has 4 heteroatoms. The fourth-order valence-corrected chi connectivity index (χ4v) is 1.80. The number of ether oxygens (including phenoxy) is 1. The average Bonchev–Trinajstić information content (AvgIpc) is 2.32. The summed E-state index contributed by atoms with van der Waals surface area (Å²) in [7, 11) is 0. The number of alkyl halides is 1. The predicted molar refractivity (Wildman–Crippen MR) is 71.2 cm³/mol. The first-order valence-electron chi connectivity index (χ1n) is 5.92. The van der Waals surface area contributed by atoms with Crippen LogP contribution in [-0.4, -0.2) is 24.2 Å². The van der Waals surface area contributed by atoms with Crippen LogP contribution < -0.4 is 0 Å². The molecule has 0 heterocycles. The number of ketones is 1. The van der Waals surface area contributed by atoms with Crippen molar-refractivity contribution in [3.63, 3.8) is 0 Å². The Morgan fingerprint density at radius 1 is 1.33 bits per heavy atom. The van der Waals surface area contributed by atoms with Crippen LogP contribution in [0.2, 0.25) is 0 Å². The Kier molecular flexibility index (Phi) is 5.86. The minimum absolute atomic E-state index is 0.00453. The van der Waals surface area contributed by atoms with E-state index in [1.165, 1.54) is 0 Å². The Morgan fingerprint density at radius 3 is 2.67 bits per heavy atom. The normalized spacial score (nSPS) is 10.2. The summed E-state index contributed by atoms with van der Waals surface area (Å²) in [5.41, 5.74) is 2.40. The van der Waals surface area contributed by atoms with Crippen LogP contribution in [0.1, 0.15) is 34.8 Å². The number of hydrogen-bond acceptors (Lipinski definition) is 3. The molecule has 0 atom stereocenters. The van der Waals surface area contributed by atoms with E-state index in [2.05, 4.69) is 0 Å². The second kappa shape index (κ2) is 7.17. The first-order valence-corrected chi connectivity index (χ1v) is 6.46. The van der Waals surface area contributed by atoms with E-state index >= 15 is 0 Å². The van der Waals surface area contributed by atoms with Crippen LogP contribution >= 0.6 is 11.6 Å². The molecule has 0 spiro atoms. The fourth-order valence-electron chi connectivity index (χ4n) is 1.63. The minimum Gasteiger partial charge on any atom is -0.466 e. The van der Waals surface area contributed by atoms with E-state index in [0.717, 1.165) is 11.1 Å². The van der Waals surface area contributed by atoms with Gasteiger partial charge in [0, 0.05) is 17.9 Å². The minimum atomic E-state index is -0.275. The molecule has 3 nitrogen and oxygen atoms in total. The summed E-state index contributed by atoms with van der Waals surface area (Å²) in [6, 6.07) is 5.36. The Bertz CT molecular complexity index is 441. The van der Waals surface area contributed by atoms with Crippen molar-refractivity contribution in [2.24, 2.45) is 0 Å². The number of esters is 1. The smallest absolute Gasteiger partial charge is 0.310 e. The lowest BCUT2D eigenvalue weighted by atomic mass is 9.99.